The van der Waals surface area contributed by atoms with Gasteiger partial charge in [-0.3, -0.25) is 0 Å². The van der Waals surface area contributed by atoms with Gasteiger partial charge in [-0.15, -0.1) is 11.6 Å². The van der Waals surface area contributed by atoms with Crippen LogP contribution in [0.3, 0.4) is 0 Å². The van der Waals surface area contributed by atoms with Crippen molar-refractivity contribution in [3.05, 3.63) is 82.4 Å². The molecule has 4 rings (SSSR count). The van der Waals surface area contributed by atoms with E-state index in [9.17, 15) is 0 Å². The summed E-state index contributed by atoms with van der Waals surface area (Å²) >= 11 is 0. The molecule has 0 unspecified atom stereocenters. The van der Waals surface area contributed by atoms with E-state index in [2.05, 4.69) is 41.0 Å². The van der Waals surface area contributed by atoms with Crippen molar-refractivity contribution in [1.82, 2.24) is 5.32 Å². The average Bonchev–Trinajstić information content (AvgIpc) is 3.64. The number of rotatable bonds is 9. The summed E-state index contributed by atoms with van der Waals surface area (Å²) in [6.45, 7) is 4.82. The summed E-state index contributed by atoms with van der Waals surface area (Å²) in [4.78, 5) is 0. The van der Waals surface area contributed by atoms with E-state index in [1.807, 2.05) is 38.1 Å². The molecule has 6 heteroatoms. The molecule has 2 N–H and O–H groups in total. The Labute approximate surface area is 212 Å². The molecular weight excluding hydrogens is 463 g/mol. The van der Waals surface area contributed by atoms with Gasteiger partial charge in [-0.25, -0.2) is 0 Å². The van der Waals surface area contributed by atoms with E-state index in [4.69, 9.17) is 15.3 Å². The van der Waals surface area contributed by atoms with Crippen molar-refractivity contribution in [2.75, 3.05) is 5.32 Å². The summed E-state index contributed by atoms with van der Waals surface area (Å²) in [6.07, 6.45) is 3.70. The van der Waals surface area contributed by atoms with Crippen molar-refractivity contribution < 1.29 is 21.8 Å². The number of aryl methyl sites for hydroxylation is 3. The van der Waals surface area contributed by atoms with E-state index in [-0.39, 0.29) is 17.1 Å². The molecule has 0 aliphatic heterocycles. The minimum Gasteiger partial charge on any atom is -0.482 e. The van der Waals surface area contributed by atoms with E-state index in [1.165, 1.54) is 12.8 Å². The Hall–Kier alpha value is -3.28. The zero-order chi connectivity index (χ0) is 23.2. The van der Waals surface area contributed by atoms with Gasteiger partial charge in [0.2, 0.25) is 0 Å². The van der Waals surface area contributed by atoms with E-state index in [0.29, 0.717) is 18.0 Å². The van der Waals surface area contributed by atoms with Crippen molar-refractivity contribution in [3.8, 4) is 23.6 Å². The van der Waals surface area contributed by atoms with Crippen molar-refractivity contribution >= 4 is 11.4 Å². The first-order valence-electron chi connectivity index (χ1n) is 11.3. The second-order valence-electron chi connectivity index (χ2n) is 8.52. The van der Waals surface area contributed by atoms with E-state index in [0.717, 1.165) is 58.1 Å². The third kappa shape index (κ3) is 6.62. The molecule has 1 radical (unpaired) electrons. The number of hydrogen-bond acceptors (Lipinski definition) is 5. The van der Waals surface area contributed by atoms with Gasteiger partial charge >= 0.3 is 0 Å². The molecule has 1 aliphatic rings. The third-order valence-corrected chi connectivity index (χ3v) is 5.70. The van der Waals surface area contributed by atoms with Crippen molar-refractivity contribution in [3.63, 3.8) is 0 Å². The van der Waals surface area contributed by atoms with Gasteiger partial charge < -0.3 is 15.4 Å². The van der Waals surface area contributed by atoms with Crippen LogP contribution in [0.4, 0.5) is 11.4 Å². The summed E-state index contributed by atoms with van der Waals surface area (Å²) in [5.74, 6) is 1.63. The quantitative estimate of drug-likeness (QED) is 0.275. The Balaban J connectivity index is 0.00000324. The van der Waals surface area contributed by atoms with Gasteiger partial charge in [0, 0.05) is 41.0 Å². The predicted molar refractivity (Wildman–Crippen MR) is 130 cm³/mol. The Morgan fingerprint density at radius 2 is 1.76 bits per heavy atom. The van der Waals surface area contributed by atoms with Crippen molar-refractivity contribution in [1.29, 1.82) is 10.5 Å². The van der Waals surface area contributed by atoms with Gasteiger partial charge in [-0.1, -0.05) is 17.8 Å². The molecule has 3 aromatic rings. The van der Waals surface area contributed by atoms with Crippen LogP contribution in [-0.2, 0) is 30.0 Å². The number of nitrogens with one attached hydrogen (secondary N) is 2. The van der Waals surface area contributed by atoms with Crippen molar-refractivity contribution in [2.45, 2.75) is 52.1 Å². The van der Waals surface area contributed by atoms with Crippen LogP contribution < -0.4 is 15.4 Å². The van der Waals surface area contributed by atoms with Crippen molar-refractivity contribution in [2.24, 2.45) is 0 Å². The SMILES string of the molecule is Cc1cc(CCC#N)cc(C)c1Oc1cc(Nc2ccc(C#N)cc2)[c-]cc1CNC1CC1.[Mn]. The molecule has 0 aromatic heterocycles. The second-order valence-corrected chi connectivity index (χ2v) is 8.52. The normalized spacial score (nSPS) is 12.2. The van der Waals surface area contributed by atoms with Gasteiger partial charge in [0.25, 0.3) is 0 Å². The minimum atomic E-state index is 0. The molecule has 0 heterocycles. The average molecular weight is 490 g/mol. The summed E-state index contributed by atoms with van der Waals surface area (Å²) in [6, 6.07) is 23.8. The Morgan fingerprint density at radius 3 is 2.38 bits per heavy atom. The monoisotopic (exact) mass is 490 g/mol. The molecule has 1 fully saturated rings. The molecule has 173 valence electrons. The number of benzene rings is 3. The first-order chi connectivity index (χ1) is 16.1. The molecule has 1 aliphatic carbocycles. The smallest absolute Gasteiger partial charge is 0.130 e. The topological polar surface area (TPSA) is 80.9 Å². The Morgan fingerprint density at radius 1 is 1.06 bits per heavy atom. The molecule has 3 aromatic carbocycles. The molecular formula is C28H27MnN4O-. The van der Waals surface area contributed by atoms with Gasteiger partial charge in [0.05, 0.1) is 17.7 Å². The number of nitrogens with zero attached hydrogens (tertiary/aromatic N) is 2. The summed E-state index contributed by atoms with van der Waals surface area (Å²) in [7, 11) is 0. The largest absolute Gasteiger partial charge is 0.482 e. The standard InChI is InChI=1S/C28H27N4O.Mn/c1-19-14-22(4-3-13-29)15-20(2)28(19)33-27-16-26(10-7-23(27)18-31-24-11-12-24)32-25-8-5-21(17-30)6-9-25;/h5-9,14-16,24,31-32H,3-4,11-12,18H2,1-2H3;/q-1;. The molecule has 0 saturated heterocycles. The van der Waals surface area contributed by atoms with Gasteiger partial charge in [0.15, 0.2) is 0 Å². The maximum absolute atomic E-state index is 9.01. The Kier molecular flexibility index (Phi) is 8.74. The maximum Gasteiger partial charge on any atom is 0.130 e. The van der Waals surface area contributed by atoms with Crippen LogP contribution in [-0.4, -0.2) is 6.04 Å². The van der Waals surface area contributed by atoms with Gasteiger partial charge in [-0.05, 0) is 80.6 Å². The van der Waals surface area contributed by atoms with E-state index >= 15 is 0 Å². The third-order valence-electron chi connectivity index (χ3n) is 5.70. The molecule has 5 nitrogen and oxygen atoms in total. The summed E-state index contributed by atoms with van der Waals surface area (Å²) in [5.41, 5.74) is 6.62. The van der Waals surface area contributed by atoms with Crippen LogP contribution in [0.15, 0.2) is 48.5 Å². The molecule has 0 spiro atoms. The zero-order valence-electron chi connectivity index (χ0n) is 19.4. The van der Waals surface area contributed by atoms with Crippen LogP contribution in [0, 0.1) is 42.6 Å². The number of ether oxygens (including phenoxy) is 1. The van der Waals surface area contributed by atoms with Crippen LogP contribution in [0.5, 0.6) is 11.5 Å². The van der Waals surface area contributed by atoms with Crippen LogP contribution in [0.25, 0.3) is 0 Å². The summed E-state index contributed by atoms with van der Waals surface area (Å²) in [5, 5.41) is 24.8. The predicted octanol–water partition coefficient (Wildman–Crippen LogP) is 6.22. The number of nitriles is 2. The first kappa shape index (κ1) is 25.3. The Bertz CT molecular complexity index is 1200. The van der Waals surface area contributed by atoms with Gasteiger partial charge in [-0.2, -0.15) is 22.7 Å². The maximum atomic E-state index is 9.01. The fourth-order valence-electron chi connectivity index (χ4n) is 3.79. The van der Waals surface area contributed by atoms with E-state index in [1.54, 1.807) is 12.1 Å². The zero-order valence-corrected chi connectivity index (χ0v) is 20.6. The molecule has 34 heavy (non-hydrogen) atoms. The first-order valence-corrected chi connectivity index (χ1v) is 11.3. The fourth-order valence-corrected chi connectivity index (χ4v) is 3.79. The molecule has 0 amide bonds. The number of anilines is 2. The molecule has 1 saturated carbocycles. The molecule has 0 atom stereocenters. The summed E-state index contributed by atoms with van der Waals surface area (Å²) < 4.78 is 6.49. The minimum absolute atomic E-state index is 0. The van der Waals surface area contributed by atoms with Crippen LogP contribution in [0.1, 0.15) is 47.1 Å². The van der Waals surface area contributed by atoms with Crippen LogP contribution in [0.2, 0.25) is 0 Å². The van der Waals surface area contributed by atoms with Gasteiger partial charge in [0.1, 0.15) is 5.75 Å². The van der Waals surface area contributed by atoms with E-state index < -0.39 is 0 Å². The second kappa shape index (κ2) is 11.7. The molecule has 0 bridgehead atoms. The van der Waals surface area contributed by atoms with Crippen LogP contribution >= 0.6 is 0 Å². The number of hydrogen-bond donors (Lipinski definition) is 2. The fraction of sp³-hybridized carbons (Fsp3) is 0.286.